The van der Waals surface area contributed by atoms with Gasteiger partial charge < -0.3 is 9.64 Å². The molecule has 0 radical (unpaired) electrons. The zero-order chi connectivity index (χ0) is 23.1. The fourth-order valence-electron chi connectivity index (χ4n) is 3.96. The minimum atomic E-state index is -3.61. The molecule has 4 heterocycles. The van der Waals surface area contributed by atoms with Crippen molar-refractivity contribution < 1.29 is 22.1 Å². The van der Waals surface area contributed by atoms with Crippen LogP contribution in [0.1, 0.15) is 63.9 Å². The monoisotopic (exact) mass is 465 g/mol. The van der Waals surface area contributed by atoms with Crippen LogP contribution in [-0.2, 0) is 25.6 Å². The summed E-state index contributed by atoms with van der Waals surface area (Å²) in [6.45, 7) is 7.83. The van der Waals surface area contributed by atoms with E-state index in [-0.39, 0.29) is 18.7 Å². The highest BCUT2D eigenvalue weighted by Crippen LogP contribution is 2.33. The van der Waals surface area contributed by atoms with E-state index in [1.165, 1.54) is 0 Å². The average molecular weight is 466 g/mol. The number of amides is 1. The number of fused-ring (bicyclic) bond motifs is 1. The highest BCUT2D eigenvalue weighted by atomic mass is 32.2. The Morgan fingerprint density at radius 2 is 1.91 bits per heavy atom. The summed E-state index contributed by atoms with van der Waals surface area (Å²) >= 11 is 0. The Kier molecular flexibility index (Phi) is 6.06. The van der Waals surface area contributed by atoms with E-state index in [0.29, 0.717) is 23.6 Å². The largest absolute Gasteiger partial charge is 0.444 e. The summed E-state index contributed by atoms with van der Waals surface area (Å²) in [5.41, 5.74) is 1.32. The molecule has 0 unspecified atom stereocenters. The van der Waals surface area contributed by atoms with E-state index in [2.05, 4.69) is 4.90 Å². The standard InChI is InChI=1S/C21H31N5O5S/c1-21(2,3)31-20(27)25-11-6-5-8-17(25)16-13-19-22-18(24-9-7-10-24)12-15(26(19)23-16)14-30-32(4,28)29/h12-13,17H,5-11,14H2,1-4H3/t17-/m0/s1. The molecule has 4 rings (SSSR count). The van der Waals surface area contributed by atoms with Gasteiger partial charge in [-0.3, -0.25) is 9.08 Å². The lowest BCUT2D eigenvalue weighted by Gasteiger charge is -2.35. The predicted octanol–water partition coefficient (Wildman–Crippen LogP) is 2.88. The molecule has 0 spiro atoms. The van der Waals surface area contributed by atoms with Crippen molar-refractivity contribution >= 4 is 27.7 Å². The molecule has 0 aromatic carbocycles. The third kappa shape index (κ3) is 5.15. The maximum atomic E-state index is 12.8. The molecule has 2 aliphatic heterocycles. The smallest absolute Gasteiger partial charge is 0.410 e. The average Bonchev–Trinajstić information content (AvgIpc) is 3.07. The number of ether oxygens (including phenoxy) is 1. The van der Waals surface area contributed by atoms with E-state index in [1.807, 2.05) is 32.9 Å². The zero-order valence-electron chi connectivity index (χ0n) is 19.1. The van der Waals surface area contributed by atoms with Crippen molar-refractivity contribution in [1.29, 1.82) is 0 Å². The summed E-state index contributed by atoms with van der Waals surface area (Å²) in [5, 5.41) is 4.72. The van der Waals surface area contributed by atoms with Crippen molar-refractivity contribution in [3.8, 4) is 0 Å². The van der Waals surface area contributed by atoms with Crippen LogP contribution in [0.15, 0.2) is 12.1 Å². The lowest BCUT2D eigenvalue weighted by Crippen LogP contribution is -2.42. The minimum Gasteiger partial charge on any atom is -0.444 e. The summed E-state index contributed by atoms with van der Waals surface area (Å²) in [6, 6.07) is 3.47. The van der Waals surface area contributed by atoms with Crippen LogP contribution in [0.3, 0.4) is 0 Å². The molecule has 1 atom stereocenters. The highest BCUT2D eigenvalue weighted by molar-refractivity contribution is 7.85. The van der Waals surface area contributed by atoms with Crippen LogP contribution in [0, 0.1) is 0 Å². The number of carbonyl (C=O) groups excluding carboxylic acids is 1. The van der Waals surface area contributed by atoms with E-state index in [4.69, 9.17) is 19.0 Å². The molecule has 2 aromatic rings. The number of nitrogens with zero attached hydrogens (tertiary/aromatic N) is 5. The van der Waals surface area contributed by atoms with E-state index >= 15 is 0 Å². The summed E-state index contributed by atoms with van der Waals surface area (Å²) in [5.74, 6) is 0.773. The van der Waals surface area contributed by atoms with Crippen LogP contribution in [0.4, 0.5) is 10.6 Å². The molecule has 32 heavy (non-hydrogen) atoms. The summed E-state index contributed by atoms with van der Waals surface area (Å²) in [7, 11) is -3.61. The molecule has 2 fully saturated rings. The number of hydrogen-bond acceptors (Lipinski definition) is 8. The fraction of sp³-hybridized carbons (Fsp3) is 0.667. The number of aromatic nitrogens is 3. The molecule has 2 aliphatic rings. The first-order valence-electron chi connectivity index (χ1n) is 11.0. The number of anilines is 1. The first kappa shape index (κ1) is 22.8. The third-order valence-corrected chi connectivity index (χ3v) is 6.13. The van der Waals surface area contributed by atoms with Crippen molar-refractivity contribution in [2.24, 2.45) is 0 Å². The van der Waals surface area contributed by atoms with Gasteiger partial charge in [0.25, 0.3) is 10.1 Å². The highest BCUT2D eigenvalue weighted by Gasteiger charge is 2.33. The molecule has 176 valence electrons. The van der Waals surface area contributed by atoms with Gasteiger partial charge in [0.1, 0.15) is 18.0 Å². The quantitative estimate of drug-likeness (QED) is 0.621. The Morgan fingerprint density at radius 1 is 1.16 bits per heavy atom. The van der Waals surface area contributed by atoms with Crippen LogP contribution in [0.25, 0.3) is 5.65 Å². The molecule has 11 heteroatoms. The normalized spacial score (nSPS) is 19.8. The second-order valence-corrected chi connectivity index (χ2v) is 11.1. The Hall–Kier alpha value is -2.40. The third-order valence-electron chi connectivity index (χ3n) is 5.58. The van der Waals surface area contributed by atoms with Crippen molar-refractivity contribution in [2.45, 2.75) is 64.7 Å². The van der Waals surface area contributed by atoms with Gasteiger partial charge in [-0.1, -0.05) is 0 Å². The van der Waals surface area contributed by atoms with Crippen LogP contribution < -0.4 is 4.90 Å². The van der Waals surface area contributed by atoms with Gasteiger partial charge in [0.05, 0.1) is 23.7 Å². The van der Waals surface area contributed by atoms with Crippen molar-refractivity contribution in [3.63, 3.8) is 0 Å². The molecule has 0 bridgehead atoms. The topological polar surface area (TPSA) is 106 Å². The number of hydrogen-bond donors (Lipinski definition) is 0. The van der Waals surface area contributed by atoms with Gasteiger partial charge >= 0.3 is 6.09 Å². The molecule has 2 aromatic heterocycles. The van der Waals surface area contributed by atoms with Gasteiger partial charge in [0.15, 0.2) is 5.65 Å². The van der Waals surface area contributed by atoms with Crippen molar-refractivity contribution in [3.05, 3.63) is 23.5 Å². The first-order chi connectivity index (χ1) is 15.0. The lowest BCUT2D eigenvalue weighted by molar-refractivity contribution is 0.00896. The van der Waals surface area contributed by atoms with Crippen LogP contribution in [0.5, 0.6) is 0 Å². The molecule has 0 aliphatic carbocycles. The SMILES string of the molecule is CC(C)(C)OC(=O)N1CCCC[C@H]1c1cc2nc(N3CCC3)cc(COS(C)(=O)=O)n2n1. The van der Waals surface area contributed by atoms with Crippen molar-refractivity contribution in [2.75, 3.05) is 30.8 Å². The maximum absolute atomic E-state index is 12.8. The summed E-state index contributed by atoms with van der Waals surface area (Å²) in [4.78, 5) is 21.4. The Labute approximate surface area is 188 Å². The Morgan fingerprint density at radius 3 is 2.53 bits per heavy atom. The molecular weight excluding hydrogens is 434 g/mol. The summed E-state index contributed by atoms with van der Waals surface area (Å²) in [6.07, 6.45) is 4.44. The zero-order valence-corrected chi connectivity index (χ0v) is 19.9. The Balaban J connectivity index is 1.69. The van der Waals surface area contributed by atoms with Gasteiger partial charge in [0, 0.05) is 31.8 Å². The minimum absolute atomic E-state index is 0.139. The maximum Gasteiger partial charge on any atom is 0.410 e. The number of piperidine rings is 1. The van der Waals surface area contributed by atoms with Gasteiger partial charge in [-0.15, -0.1) is 0 Å². The van der Waals surface area contributed by atoms with E-state index in [9.17, 15) is 13.2 Å². The van der Waals surface area contributed by atoms with Crippen LogP contribution in [0.2, 0.25) is 0 Å². The summed E-state index contributed by atoms with van der Waals surface area (Å²) < 4.78 is 35.4. The van der Waals surface area contributed by atoms with E-state index < -0.39 is 15.7 Å². The first-order valence-corrected chi connectivity index (χ1v) is 12.8. The second kappa shape index (κ2) is 8.51. The van der Waals surface area contributed by atoms with Gasteiger partial charge in [-0.2, -0.15) is 13.5 Å². The molecule has 0 saturated carbocycles. The van der Waals surface area contributed by atoms with E-state index in [1.54, 1.807) is 9.42 Å². The van der Waals surface area contributed by atoms with Gasteiger partial charge in [0.2, 0.25) is 0 Å². The number of carbonyl (C=O) groups is 1. The van der Waals surface area contributed by atoms with Crippen LogP contribution >= 0.6 is 0 Å². The molecule has 1 amide bonds. The van der Waals surface area contributed by atoms with Gasteiger partial charge in [-0.25, -0.2) is 14.3 Å². The van der Waals surface area contributed by atoms with Crippen LogP contribution in [-0.4, -0.2) is 65.5 Å². The number of likely N-dealkylation sites (tertiary alicyclic amines) is 1. The predicted molar refractivity (Wildman–Crippen MR) is 119 cm³/mol. The second-order valence-electron chi connectivity index (χ2n) is 9.44. The fourth-order valence-corrected chi connectivity index (χ4v) is 4.29. The molecular formula is C21H31N5O5S. The lowest BCUT2D eigenvalue weighted by atomic mass is 10.00. The molecule has 0 N–H and O–H groups in total. The molecule has 2 saturated heterocycles. The van der Waals surface area contributed by atoms with Crippen molar-refractivity contribution in [1.82, 2.24) is 19.5 Å². The van der Waals surface area contributed by atoms with Gasteiger partial charge in [-0.05, 0) is 46.5 Å². The Bertz CT molecular complexity index is 1100. The van der Waals surface area contributed by atoms with E-state index in [0.717, 1.165) is 50.8 Å². The number of rotatable bonds is 5. The molecule has 10 nitrogen and oxygen atoms in total.